The summed E-state index contributed by atoms with van der Waals surface area (Å²) in [6.07, 6.45) is 4.73. The minimum atomic E-state index is -0.253. The van der Waals surface area contributed by atoms with E-state index in [4.69, 9.17) is 4.42 Å². The smallest absolute Gasteiger partial charge is 0.249 e. The van der Waals surface area contributed by atoms with Crippen LogP contribution in [0.3, 0.4) is 0 Å². The van der Waals surface area contributed by atoms with E-state index < -0.39 is 0 Å². The zero-order valence-electron chi connectivity index (χ0n) is 9.05. The topological polar surface area (TPSA) is 60.1 Å². The zero-order valence-corrected chi connectivity index (χ0v) is 10.6. The summed E-state index contributed by atoms with van der Waals surface area (Å²) in [5, 5.41) is 6.66. The molecule has 0 radical (unpaired) electrons. The number of aromatic nitrogens is 2. The van der Waals surface area contributed by atoms with Gasteiger partial charge >= 0.3 is 0 Å². The van der Waals surface area contributed by atoms with Crippen molar-refractivity contribution >= 4 is 33.7 Å². The molecule has 2 rings (SSSR count). The molecule has 1 amide bonds. The lowest BCUT2D eigenvalue weighted by Gasteiger charge is -1.95. The number of hydrogen-bond acceptors (Lipinski definition) is 3. The molecule has 0 saturated heterocycles. The molecule has 2 aromatic heterocycles. The van der Waals surface area contributed by atoms with Crippen LogP contribution in [0.2, 0.25) is 0 Å². The SMILES string of the molecule is Cn1ccc(NC(=O)/C=C/c2ccc(Br)o2)n1. The monoisotopic (exact) mass is 295 g/mol. The van der Waals surface area contributed by atoms with E-state index in [0.29, 0.717) is 16.2 Å². The number of aryl methyl sites for hydroxylation is 1. The fourth-order valence-corrected chi connectivity index (χ4v) is 1.54. The quantitative estimate of drug-likeness (QED) is 0.885. The summed E-state index contributed by atoms with van der Waals surface area (Å²) in [7, 11) is 1.78. The average molecular weight is 296 g/mol. The summed E-state index contributed by atoms with van der Waals surface area (Å²) >= 11 is 3.18. The Bertz CT molecular complexity index is 557. The van der Waals surface area contributed by atoms with Crippen LogP contribution >= 0.6 is 15.9 Å². The zero-order chi connectivity index (χ0) is 12.3. The lowest BCUT2D eigenvalue weighted by atomic mass is 10.4. The Hall–Kier alpha value is -1.82. The molecule has 0 aliphatic rings. The Labute approximate surface area is 106 Å². The van der Waals surface area contributed by atoms with Crippen molar-refractivity contribution in [1.82, 2.24) is 9.78 Å². The Morgan fingerprint density at radius 2 is 2.35 bits per heavy atom. The minimum absolute atomic E-state index is 0.253. The fourth-order valence-electron chi connectivity index (χ4n) is 1.23. The van der Waals surface area contributed by atoms with Gasteiger partial charge in [0, 0.05) is 25.4 Å². The van der Waals surface area contributed by atoms with Gasteiger partial charge in [-0.1, -0.05) is 0 Å². The van der Waals surface area contributed by atoms with Crippen LogP contribution in [0.15, 0.2) is 39.6 Å². The summed E-state index contributed by atoms with van der Waals surface area (Å²) in [5.74, 6) is 0.868. The number of furan rings is 1. The summed E-state index contributed by atoms with van der Waals surface area (Å²) in [5.41, 5.74) is 0. The Morgan fingerprint density at radius 1 is 1.53 bits per heavy atom. The maximum absolute atomic E-state index is 11.5. The van der Waals surface area contributed by atoms with Crippen LogP contribution in [-0.4, -0.2) is 15.7 Å². The standard InChI is InChI=1S/C11H10BrN3O2/c1-15-7-6-10(14-15)13-11(16)5-3-8-2-4-9(12)17-8/h2-7H,1H3,(H,13,14,16)/b5-3+. The predicted octanol–water partition coefficient (Wildman–Crippen LogP) is 2.43. The van der Waals surface area contributed by atoms with Gasteiger partial charge in [-0.15, -0.1) is 0 Å². The van der Waals surface area contributed by atoms with Crippen molar-refractivity contribution in [3.8, 4) is 0 Å². The van der Waals surface area contributed by atoms with Gasteiger partial charge in [-0.3, -0.25) is 9.48 Å². The molecule has 17 heavy (non-hydrogen) atoms. The number of carbonyl (C=O) groups excluding carboxylic acids is 1. The van der Waals surface area contributed by atoms with Gasteiger partial charge < -0.3 is 9.73 Å². The second kappa shape index (κ2) is 5.01. The fraction of sp³-hybridized carbons (Fsp3) is 0.0909. The van der Waals surface area contributed by atoms with Gasteiger partial charge in [0.25, 0.3) is 0 Å². The van der Waals surface area contributed by atoms with Gasteiger partial charge in [0.05, 0.1) is 0 Å². The predicted molar refractivity (Wildman–Crippen MR) is 67.3 cm³/mol. The van der Waals surface area contributed by atoms with Crippen LogP contribution < -0.4 is 5.32 Å². The molecule has 0 bridgehead atoms. The number of carbonyl (C=O) groups is 1. The third kappa shape index (κ3) is 3.32. The van der Waals surface area contributed by atoms with E-state index in [2.05, 4.69) is 26.3 Å². The van der Waals surface area contributed by atoms with Gasteiger partial charge in [0.2, 0.25) is 5.91 Å². The molecule has 0 atom stereocenters. The molecule has 2 aromatic rings. The highest BCUT2D eigenvalue weighted by molar-refractivity contribution is 9.10. The molecular formula is C11H10BrN3O2. The molecule has 0 spiro atoms. The largest absolute Gasteiger partial charge is 0.450 e. The summed E-state index contributed by atoms with van der Waals surface area (Å²) in [6, 6.07) is 5.24. The lowest BCUT2D eigenvalue weighted by Crippen LogP contribution is -2.08. The number of amides is 1. The van der Waals surface area contributed by atoms with Gasteiger partial charge in [-0.2, -0.15) is 5.10 Å². The first-order valence-electron chi connectivity index (χ1n) is 4.87. The van der Waals surface area contributed by atoms with Crippen molar-refractivity contribution in [3.05, 3.63) is 40.9 Å². The molecule has 88 valence electrons. The van der Waals surface area contributed by atoms with E-state index in [1.165, 1.54) is 6.08 Å². The number of halogens is 1. The summed E-state index contributed by atoms with van der Waals surface area (Å²) in [6.45, 7) is 0. The van der Waals surface area contributed by atoms with E-state index in [1.807, 2.05) is 0 Å². The number of anilines is 1. The molecule has 0 aliphatic carbocycles. The van der Waals surface area contributed by atoms with Crippen LogP contribution in [0.5, 0.6) is 0 Å². The van der Waals surface area contributed by atoms with Crippen molar-refractivity contribution < 1.29 is 9.21 Å². The summed E-state index contributed by atoms with van der Waals surface area (Å²) < 4.78 is 7.46. The number of nitrogens with one attached hydrogen (secondary N) is 1. The highest BCUT2D eigenvalue weighted by Crippen LogP contribution is 2.15. The van der Waals surface area contributed by atoms with Crippen LogP contribution in [0.1, 0.15) is 5.76 Å². The van der Waals surface area contributed by atoms with E-state index >= 15 is 0 Å². The van der Waals surface area contributed by atoms with Crippen LogP contribution in [0.25, 0.3) is 6.08 Å². The molecule has 6 heteroatoms. The molecular weight excluding hydrogens is 286 g/mol. The third-order valence-corrected chi connectivity index (χ3v) is 2.38. The van der Waals surface area contributed by atoms with Gasteiger partial charge in [-0.05, 0) is 34.1 Å². The first-order valence-corrected chi connectivity index (χ1v) is 5.67. The molecule has 0 saturated carbocycles. The highest BCUT2D eigenvalue weighted by atomic mass is 79.9. The first-order chi connectivity index (χ1) is 8.13. The highest BCUT2D eigenvalue weighted by Gasteiger charge is 2.01. The van der Waals surface area contributed by atoms with Gasteiger partial charge in [0.1, 0.15) is 5.76 Å². The molecule has 5 nitrogen and oxygen atoms in total. The van der Waals surface area contributed by atoms with Crippen molar-refractivity contribution in [2.24, 2.45) is 7.05 Å². The average Bonchev–Trinajstić information content (AvgIpc) is 2.85. The van der Waals surface area contributed by atoms with Crippen LogP contribution in [-0.2, 0) is 11.8 Å². The Balaban J connectivity index is 1.95. The van der Waals surface area contributed by atoms with E-state index in [-0.39, 0.29) is 5.91 Å². The van der Waals surface area contributed by atoms with Gasteiger partial charge in [0.15, 0.2) is 10.5 Å². The molecule has 0 fully saturated rings. The van der Waals surface area contributed by atoms with Crippen molar-refractivity contribution in [1.29, 1.82) is 0 Å². The first kappa shape index (κ1) is 11.7. The number of hydrogen-bond donors (Lipinski definition) is 1. The van der Waals surface area contributed by atoms with Crippen molar-refractivity contribution in [2.45, 2.75) is 0 Å². The Kier molecular flexibility index (Phi) is 3.43. The number of rotatable bonds is 3. The summed E-state index contributed by atoms with van der Waals surface area (Å²) in [4.78, 5) is 11.5. The van der Waals surface area contributed by atoms with E-state index in [9.17, 15) is 4.79 Å². The van der Waals surface area contributed by atoms with E-state index in [0.717, 1.165) is 0 Å². The van der Waals surface area contributed by atoms with Crippen LogP contribution in [0.4, 0.5) is 5.82 Å². The van der Waals surface area contributed by atoms with E-state index in [1.54, 1.807) is 42.2 Å². The molecule has 2 heterocycles. The second-order valence-electron chi connectivity index (χ2n) is 3.34. The molecule has 0 aliphatic heterocycles. The second-order valence-corrected chi connectivity index (χ2v) is 4.12. The van der Waals surface area contributed by atoms with Crippen LogP contribution in [0, 0.1) is 0 Å². The molecule has 0 unspecified atom stereocenters. The molecule has 0 aromatic carbocycles. The van der Waals surface area contributed by atoms with Crippen molar-refractivity contribution in [2.75, 3.05) is 5.32 Å². The minimum Gasteiger partial charge on any atom is -0.450 e. The normalized spacial score (nSPS) is 10.9. The van der Waals surface area contributed by atoms with Crippen molar-refractivity contribution in [3.63, 3.8) is 0 Å². The lowest BCUT2D eigenvalue weighted by molar-refractivity contribution is -0.111. The maximum atomic E-state index is 11.5. The number of nitrogens with zero attached hydrogens (tertiary/aromatic N) is 2. The molecule has 1 N–H and O–H groups in total. The Morgan fingerprint density at radius 3 is 2.94 bits per heavy atom. The maximum Gasteiger partial charge on any atom is 0.249 e. The third-order valence-electron chi connectivity index (χ3n) is 1.96. The van der Waals surface area contributed by atoms with Gasteiger partial charge in [-0.25, -0.2) is 0 Å².